The normalized spacial score (nSPS) is 11.0. The summed E-state index contributed by atoms with van der Waals surface area (Å²) in [6.07, 6.45) is 0. The van der Waals surface area contributed by atoms with Crippen LogP contribution in [0.3, 0.4) is 0 Å². The van der Waals surface area contributed by atoms with E-state index >= 15 is 0 Å². The van der Waals surface area contributed by atoms with Gasteiger partial charge in [-0.1, -0.05) is 194 Å². The highest BCUT2D eigenvalue weighted by Gasteiger charge is 2.15. The lowest BCUT2D eigenvalue weighted by atomic mass is 9.91. The first kappa shape index (κ1) is 36.5. The molecule has 0 aliphatic rings. The molecule has 0 unspecified atom stereocenters. The standard InChI is InChI=1S/C59H41N/c1-6-17-42(18-7-1)47-29-31-48(32-30-47)49-27-16-28-50(33-49)58-40-56(55-36-51(43-19-8-2-9-20-43)34-52(37-55)44-21-10-3-11-22-44)41-59(60-58)57-38-53(45-23-12-4-13-24-45)35-54(39-57)46-25-14-5-15-26-46/h1-41H. The van der Waals surface area contributed by atoms with Crippen molar-refractivity contribution in [2.24, 2.45) is 0 Å². The van der Waals surface area contributed by atoms with Gasteiger partial charge in [0.05, 0.1) is 11.4 Å². The van der Waals surface area contributed by atoms with Gasteiger partial charge in [-0.05, 0) is 132 Å². The highest BCUT2D eigenvalue weighted by atomic mass is 14.7. The van der Waals surface area contributed by atoms with Crippen molar-refractivity contribution in [2.45, 2.75) is 0 Å². The Morgan fingerprint density at radius 2 is 0.383 bits per heavy atom. The van der Waals surface area contributed by atoms with Gasteiger partial charge in [0.15, 0.2) is 0 Å². The number of benzene rings is 9. The summed E-state index contributed by atoms with van der Waals surface area (Å²) >= 11 is 0. The first-order chi connectivity index (χ1) is 29.7. The SMILES string of the molecule is c1ccc(-c2ccc(-c3cccc(-c4cc(-c5cc(-c6ccccc6)cc(-c6ccccc6)c5)cc(-c5cc(-c6ccccc6)cc(-c6ccccc6)c5)n4)c3)cc2)cc1. The predicted octanol–water partition coefficient (Wildman–Crippen LogP) is 16.1. The summed E-state index contributed by atoms with van der Waals surface area (Å²) in [6.45, 7) is 0. The second-order valence-corrected chi connectivity index (χ2v) is 15.2. The van der Waals surface area contributed by atoms with Gasteiger partial charge in [-0.3, -0.25) is 0 Å². The van der Waals surface area contributed by atoms with E-state index in [1.165, 1.54) is 50.1 Å². The smallest absolute Gasteiger partial charge is 0.0716 e. The summed E-state index contributed by atoms with van der Waals surface area (Å²) in [5, 5.41) is 0. The van der Waals surface area contributed by atoms with E-state index in [2.05, 4.69) is 249 Å². The second kappa shape index (κ2) is 16.5. The third-order valence-electron chi connectivity index (χ3n) is 11.2. The van der Waals surface area contributed by atoms with Crippen molar-refractivity contribution in [1.29, 1.82) is 0 Å². The highest BCUT2D eigenvalue weighted by molar-refractivity contribution is 5.87. The third-order valence-corrected chi connectivity index (χ3v) is 11.2. The number of pyridine rings is 1. The molecule has 9 aromatic carbocycles. The Morgan fingerprint density at radius 3 is 0.783 bits per heavy atom. The zero-order valence-electron chi connectivity index (χ0n) is 33.1. The van der Waals surface area contributed by atoms with Crippen LogP contribution in [0.15, 0.2) is 249 Å². The van der Waals surface area contributed by atoms with E-state index in [0.29, 0.717) is 0 Å². The van der Waals surface area contributed by atoms with Crippen LogP contribution in [0, 0.1) is 0 Å². The Bertz CT molecular complexity index is 2770. The fourth-order valence-electron chi connectivity index (χ4n) is 8.10. The van der Waals surface area contributed by atoms with Gasteiger partial charge in [0.25, 0.3) is 0 Å². The Morgan fingerprint density at radius 1 is 0.150 bits per heavy atom. The predicted molar refractivity (Wildman–Crippen MR) is 253 cm³/mol. The summed E-state index contributed by atoms with van der Waals surface area (Å²) in [4.78, 5) is 5.52. The molecule has 282 valence electrons. The number of nitrogens with zero attached hydrogens (tertiary/aromatic N) is 1. The van der Waals surface area contributed by atoms with Gasteiger partial charge in [0.2, 0.25) is 0 Å². The zero-order chi connectivity index (χ0) is 40.1. The van der Waals surface area contributed by atoms with Gasteiger partial charge >= 0.3 is 0 Å². The fourth-order valence-corrected chi connectivity index (χ4v) is 8.10. The van der Waals surface area contributed by atoms with Crippen LogP contribution in [-0.2, 0) is 0 Å². The summed E-state index contributed by atoms with van der Waals surface area (Å²) in [5.74, 6) is 0. The first-order valence-electron chi connectivity index (χ1n) is 20.5. The van der Waals surface area contributed by atoms with Crippen molar-refractivity contribution >= 4 is 0 Å². The molecule has 1 nitrogen and oxygen atoms in total. The van der Waals surface area contributed by atoms with Gasteiger partial charge in [-0.25, -0.2) is 4.98 Å². The van der Waals surface area contributed by atoms with E-state index in [-0.39, 0.29) is 0 Å². The number of aromatic nitrogens is 1. The molecule has 0 fully saturated rings. The maximum Gasteiger partial charge on any atom is 0.0716 e. The maximum absolute atomic E-state index is 5.52. The van der Waals surface area contributed by atoms with Crippen LogP contribution in [0.25, 0.3) is 100 Å². The van der Waals surface area contributed by atoms with Crippen molar-refractivity contribution in [3.05, 3.63) is 249 Å². The summed E-state index contributed by atoms with van der Waals surface area (Å²) in [7, 11) is 0. The van der Waals surface area contributed by atoms with E-state index in [1.807, 2.05) is 0 Å². The van der Waals surface area contributed by atoms with E-state index in [9.17, 15) is 0 Å². The molecule has 0 atom stereocenters. The van der Waals surface area contributed by atoms with Crippen LogP contribution in [0.4, 0.5) is 0 Å². The van der Waals surface area contributed by atoms with Crippen LogP contribution in [0.2, 0.25) is 0 Å². The van der Waals surface area contributed by atoms with Crippen molar-refractivity contribution in [2.75, 3.05) is 0 Å². The largest absolute Gasteiger partial charge is 0.248 e. The van der Waals surface area contributed by atoms with Gasteiger partial charge in [-0.15, -0.1) is 0 Å². The number of hydrogen-bond donors (Lipinski definition) is 0. The second-order valence-electron chi connectivity index (χ2n) is 15.2. The lowest BCUT2D eigenvalue weighted by molar-refractivity contribution is 1.32. The van der Waals surface area contributed by atoms with Gasteiger partial charge in [0.1, 0.15) is 0 Å². The van der Waals surface area contributed by atoms with E-state index in [1.54, 1.807) is 0 Å². The number of rotatable bonds is 9. The van der Waals surface area contributed by atoms with Gasteiger partial charge < -0.3 is 0 Å². The van der Waals surface area contributed by atoms with E-state index in [4.69, 9.17) is 4.98 Å². The van der Waals surface area contributed by atoms with Crippen molar-refractivity contribution in [3.63, 3.8) is 0 Å². The molecule has 0 spiro atoms. The average molecular weight is 764 g/mol. The first-order valence-corrected chi connectivity index (χ1v) is 20.5. The molecule has 0 aliphatic heterocycles. The molecule has 1 aromatic heterocycles. The quantitative estimate of drug-likeness (QED) is 0.143. The van der Waals surface area contributed by atoms with Crippen LogP contribution in [-0.4, -0.2) is 4.98 Å². The molecule has 0 aliphatic carbocycles. The maximum atomic E-state index is 5.52. The molecule has 0 radical (unpaired) electrons. The summed E-state index contributed by atoms with van der Waals surface area (Å²) in [5.41, 5.74) is 20.3. The van der Waals surface area contributed by atoms with Crippen LogP contribution in [0.5, 0.6) is 0 Å². The summed E-state index contributed by atoms with van der Waals surface area (Å²) < 4.78 is 0. The van der Waals surface area contributed by atoms with Crippen LogP contribution in [0.1, 0.15) is 0 Å². The molecule has 0 saturated heterocycles. The molecule has 1 heterocycles. The Balaban J connectivity index is 1.16. The molecule has 1 heteroatoms. The fraction of sp³-hybridized carbons (Fsp3) is 0. The molecular formula is C59H41N. The summed E-state index contributed by atoms with van der Waals surface area (Å²) in [6, 6.07) is 89.2. The minimum atomic E-state index is 0.918. The minimum Gasteiger partial charge on any atom is -0.248 e. The Hall–Kier alpha value is -7.87. The lowest BCUT2D eigenvalue weighted by Gasteiger charge is -2.16. The Labute approximate surface area is 352 Å². The molecule has 0 bridgehead atoms. The highest BCUT2D eigenvalue weighted by Crippen LogP contribution is 2.39. The van der Waals surface area contributed by atoms with Crippen molar-refractivity contribution in [3.8, 4) is 100 Å². The number of hydrogen-bond acceptors (Lipinski definition) is 1. The lowest BCUT2D eigenvalue weighted by Crippen LogP contribution is -1.94. The van der Waals surface area contributed by atoms with E-state index < -0.39 is 0 Å². The monoisotopic (exact) mass is 763 g/mol. The minimum absolute atomic E-state index is 0.918. The molecule has 10 aromatic rings. The molecule has 0 N–H and O–H groups in total. The van der Waals surface area contributed by atoms with E-state index in [0.717, 1.165) is 50.3 Å². The molecule has 10 rings (SSSR count). The van der Waals surface area contributed by atoms with Crippen molar-refractivity contribution < 1.29 is 0 Å². The van der Waals surface area contributed by atoms with Crippen LogP contribution < -0.4 is 0 Å². The molecule has 60 heavy (non-hydrogen) atoms. The Kier molecular flexibility index (Phi) is 10.1. The molecular weight excluding hydrogens is 723 g/mol. The zero-order valence-corrected chi connectivity index (χ0v) is 33.1. The molecule has 0 amide bonds. The molecule has 0 saturated carbocycles. The topological polar surface area (TPSA) is 12.9 Å². The average Bonchev–Trinajstić information content (AvgIpc) is 3.35. The van der Waals surface area contributed by atoms with Gasteiger partial charge in [-0.2, -0.15) is 0 Å². The third kappa shape index (κ3) is 7.85. The van der Waals surface area contributed by atoms with Gasteiger partial charge in [0, 0.05) is 11.1 Å². The van der Waals surface area contributed by atoms with Crippen molar-refractivity contribution in [1.82, 2.24) is 4.98 Å². The van der Waals surface area contributed by atoms with Crippen LogP contribution >= 0.6 is 0 Å².